The molecule has 6 nitrogen and oxygen atoms in total. The molecule has 0 spiro atoms. The van der Waals surface area contributed by atoms with Crippen molar-refractivity contribution in [1.82, 2.24) is 9.29 Å². The zero-order valence-corrected chi connectivity index (χ0v) is 15.7. The van der Waals surface area contributed by atoms with Gasteiger partial charge < -0.3 is 10.6 Å². The van der Waals surface area contributed by atoms with Gasteiger partial charge in [-0.3, -0.25) is 0 Å². The van der Waals surface area contributed by atoms with Crippen molar-refractivity contribution in [3.8, 4) is 0 Å². The monoisotopic (exact) mass is 374 g/mol. The molecule has 2 heterocycles. The summed E-state index contributed by atoms with van der Waals surface area (Å²) in [6.07, 6.45) is 5.36. The summed E-state index contributed by atoms with van der Waals surface area (Å²) in [6.45, 7) is 2.84. The van der Waals surface area contributed by atoms with Crippen molar-refractivity contribution < 1.29 is 8.42 Å². The number of hydrogen-bond donors (Lipinski definition) is 2. The fraction of sp³-hybridized carbons (Fsp3) is 0.421. The molecular weight excluding hydrogens is 348 g/mol. The average molecular weight is 375 g/mol. The number of hydrogen-bond acceptors (Lipinski definition) is 5. The molecule has 1 fully saturated rings. The van der Waals surface area contributed by atoms with E-state index < -0.39 is 10.0 Å². The standard InChI is InChI=1S/C19H26N4O2S/c24-26(25,23-14-5-2-6-15-23)18-10-11-19(22-16-18)21-13-7-12-20-17-8-3-1-4-9-17/h1,3-4,8-11,16,20H,2,5-7,12-15H2,(H,21,22). The van der Waals surface area contributed by atoms with E-state index >= 15 is 0 Å². The molecule has 0 saturated carbocycles. The third-order valence-corrected chi connectivity index (χ3v) is 6.33. The van der Waals surface area contributed by atoms with Crippen molar-refractivity contribution in [2.75, 3.05) is 36.8 Å². The van der Waals surface area contributed by atoms with Gasteiger partial charge in [0, 0.05) is 38.1 Å². The van der Waals surface area contributed by atoms with E-state index in [-0.39, 0.29) is 4.90 Å². The van der Waals surface area contributed by atoms with E-state index in [2.05, 4.69) is 15.6 Å². The second-order valence-electron chi connectivity index (χ2n) is 6.42. The summed E-state index contributed by atoms with van der Waals surface area (Å²) in [4.78, 5) is 4.53. The summed E-state index contributed by atoms with van der Waals surface area (Å²) in [6, 6.07) is 13.5. The third kappa shape index (κ3) is 4.95. The summed E-state index contributed by atoms with van der Waals surface area (Å²) < 4.78 is 26.7. The molecule has 3 rings (SSSR count). The van der Waals surface area contributed by atoms with E-state index in [1.54, 1.807) is 16.4 Å². The highest BCUT2D eigenvalue weighted by Crippen LogP contribution is 2.20. The summed E-state index contributed by atoms with van der Waals surface area (Å²) in [5, 5.41) is 6.58. The zero-order chi connectivity index (χ0) is 18.2. The van der Waals surface area contributed by atoms with Crippen LogP contribution in [0.1, 0.15) is 25.7 Å². The van der Waals surface area contributed by atoms with Gasteiger partial charge in [0.25, 0.3) is 0 Å². The number of aromatic nitrogens is 1. The first-order chi connectivity index (χ1) is 12.7. The number of para-hydroxylation sites is 1. The highest BCUT2D eigenvalue weighted by atomic mass is 32.2. The van der Waals surface area contributed by atoms with Crippen molar-refractivity contribution in [3.05, 3.63) is 48.7 Å². The predicted octanol–water partition coefficient (Wildman–Crippen LogP) is 3.17. The first-order valence-electron chi connectivity index (χ1n) is 9.15. The molecule has 2 N–H and O–H groups in total. The molecule has 1 aliphatic heterocycles. The number of pyridine rings is 1. The van der Waals surface area contributed by atoms with Gasteiger partial charge in [0.05, 0.1) is 0 Å². The fourth-order valence-corrected chi connectivity index (χ4v) is 4.45. The highest BCUT2D eigenvalue weighted by molar-refractivity contribution is 7.89. The second-order valence-corrected chi connectivity index (χ2v) is 8.35. The van der Waals surface area contributed by atoms with Gasteiger partial charge >= 0.3 is 0 Å². The van der Waals surface area contributed by atoms with Crippen LogP contribution >= 0.6 is 0 Å². The SMILES string of the molecule is O=S(=O)(c1ccc(NCCCNc2ccccc2)nc1)N1CCCCC1. The van der Waals surface area contributed by atoms with Crippen molar-refractivity contribution in [2.45, 2.75) is 30.6 Å². The molecule has 140 valence electrons. The Labute approximate surface area is 155 Å². The molecule has 0 aliphatic carbocycles. The molecule has 0 unspecified atom stereocenters. The Hall–Kier alpha value is -2.12. The van der Waals surface area contributed by atoms with Gasteiger partial charge in [0.2, 0.25) is 10.0 Å². The van der Waals surface area contributed by atoms with Crippen LogP contribution in [-0.4, -0.2) is 43.9 Å². The van der Waals surface area contributed by atoms with Crippen molar-refractivity contribution in [2.24, 2.45) is 0 Å². The highest BCUT2D eigenvalue weighted by Gasteiger charge is 2.25. The molecule has 1 aromatic heterocycles. The Morgan fingerprint density at radius 1 is 0.923 bits per heavy atom. The maximum atomic E-state index is 12.6. The van der Waals surface area contributed by atoms with Crippen LogP contribution in [0.25, 0.3) is 0 Å². The second kappa shape index (κ2) is 9.00. The van der Waals surface area contributed by atoms with Crippen molar-refractivity contribution >= 4 is 21.5 Å². The van der Waals surface area contributed by atoms with E-state index in [0.717, 1.165) is 44.5 Å². The molecule has 0 radical (unpaired) electrons. The van der Waals surface area contributed by atoms with E-state index in [1.165, 1.54) is 6.20 Å². The van der Waals surface area contributed by atoms with Gasteiger partial charge in [-0.1, -0.05) is 24.6 Å². The Kier molecular flexibility index (Phi) is 6.46. The quantitative estimate of drug-likeness (QED) is 0.694. The van der Waals surface area contributed by atoms with Crippen LogP contribution in [0.15, 0.2) is 53.6 Å². The Bertz CT molecular complexity index is 773. The maximum absolute atomic E-state index is 12.6. The molecule has 0 bridgehead atoms. The smallest absolute Gasteiger partial charge is 0.244 e. The van der Waals surface area contributed by atoms with Gasteiger partial charge in [-0.25, -0.2) is 13.4 Å². The minimum absolute atomic E-state index is 0.274. The Morgan fingerprint density at radius 2 is 1.65 bits per heavy atom. The number of nitrogens with zero attached hydrogens (tertiary/aromatic N) is 2. The maximum Gasteiger partial charge on any atom is 0.244 e. The van der Waals surface area contributed by atoms with Gasteiger partial charge in [0.1, 0.15) is 10.7 Å². The first kappa shape index (κ1) is 18.7. The number of piperidine rings is 1. The Balaban J connectivity index is 1.45. The van der Waals surface area contributed by atoms with Gasteiger partial charge in [-0.05, 0) is 43.5 Å². The number of benzene rings is 1. The summed E-state index contributed by atoms with van der Waals surface area (Å²) in [7, 11) is -3.41. The van der Waals surface area contributed by atoms with E-state index in [1.807, 2.05) is 30.3 Å². The minimum atomic E-state index is -3.41. The van der Waals surface area contributed by atoms with Gasteiger partial charge in [-0.15, -0.1) is 0 Å². The number of sulfonamides is 1. The molecule has 1 saturated heterocycles. The summed E-state index contributed by atoms with van der Waals surface area (Å²) >= 11 is 0. The van der Waals surface area contributed by atoms with Crippen LogP contribution in [-0.2, 0) is 10.0 Å². The van der Waals surface area contributed by atoms with E-state index in [0.29, 0.717) is 18.9 Å². The largest absolute Gasteiger partial charge is 0.385 e. The normalized spacial score (nSPS) is 15.5. The Morgan fingerprint density at radius 3 is 2.35 bits per heavy atom. The summed E-state index contributed by atoms with van der Waals surface area (Å²) in [5.41, 5.74) is 1.11. The molecule has 2 aromatic rings. The first-order valence-corrected chi connectivity index (χ1v) is 10.6. The molecule has 1 aromatic carbocycles. The lowest BCUT2D eigenvalue weighted by Crippen LogP contribution is -2.35. The molecular formula is C19H26N4O2S. The number of anilines is 2. The average Bonchev–Trinajstić information content (AvgIpc) is 2.69. The van der Waals surface area contributed by atoms with Gasteiger partial charge in [0.15, 0.2) is 0 Å². The lowest BCUT2D eigenvalue weighted by atomic mass is 10.2. The van der Waals surface area contributed by atoms with Crippen LogP contribution in [0, 0.1) is 0 Å². The topological polar surface area (TPSA) is 74.3 Å². The fourth-order valence-electron chi connectivity index (χ4n) is 2.99. The number of rotatable bonds is 8. The zero-order valence-electron chi connectivity index (χ0n) is 14.9. The van der Waals surface area contributed by atoms with Crippen LogP contribution in [0.2, 0.25) is 0 Å². The number of nitrogens with one attached hydrogen (secondary N) is 2. The molecule has 1 aliphatic rings. The van der Waals surface area contributed by atoms with Gasteiger partial charge in [-0.2, -0.15) is 4.31 Å². The minimum Gasteiger partial charge on any atom is -0.385 e. The van der Waals surface area contributed by atoms with E-state index in [9.17, 15) is 8.42 Å². The van der Waals surface area contributed by atoms with Crippen LogP contribution in [0.3, 0.4) is 0 Å². The predicted molar refractivity (Wildman–Crippen MR) is 105 cm³/mol. The lowest BCUT2D eigenvalue weighted by molar-refractivity contribution is 0.346. The van der Waals surface area contributed by atoms with Crippen molar-refractivity contribution in [1.29, 1.82) is 0 Å². The summed E-state index contributed by atoms with van der Waals surface area (Å²) in [5.74, 6) is 0.697. The third-order valence-electron chi connectivity index (χ3n) is 4.45. The van der Waals surface area contributed by atoms with Crippen molar-refractivity contribution in [3.63, 3.8) is 0 Å². The van der Waals surface area contributed by atoms with E-state index in [4.69, 9.17) is 0 Å². The van der Waals surface area contributed by atoms with Crippen LogP contribution in [0.4, 0.5) is 11.5 Å². The van der Waals surface area contributed by atoms with Crippen LogP contribution in [0.5, 0.6) is 0 Å². The lowest BCUT2D eigenvalue weighted by Gasteiger charge is -2.25. The molecule has 0 atom stereocenters. The molecule has 7 heteroatoms. The molecule has 26 heavy (non-hydrogen) atoms. The molecule has 0 amide bonds. The van der Waals surface area contributed by atoms with Crippen LogP contribution < -0.4 is 10.6 Å².